The summed E-state index contributed by atoms with van der Waals surface area (Å²) in [6.07, 6.45) is -1.83. The van der Waals surface area contributed by atoms with Crippen LogP contribution in [0.25, 0.3) is 0 Å². The van der Waals surface area contributed by atoms with Crippen molar-refractivity contribution in [3.05, 3.63) is 79.9 Å². The Labute approximate surface area is 171 Å². The van der Waals surface area contributed by atoms with Crippen molar-refractivity contribution in [3.8, 4) is 0 Å². The Morgan fingerprint density at radius 1 is 0.867 bits per heavy atom. The summed E-state index contributed by atoms with van der Waals surface area (Å²) in [7, 11) is 0. The highest BCUT2D eigenvalue weighted by atomic mass is 16.7. The summed E-state index contributed by atoms with van der Waals surface area (Å²) in [5.41, 5.74) is -1.67. The van der Waals surface area contributed by atoms with Crippen LogP contribution in [0.2, 0.25) is 0 Å². The number of hydrogen-bond donors (Lipinski definition) is 0. The highest BCUT2D eigenvalue weighted by Gasteiger charge is 2.69. The molecule has 0 aromatic heterocycles. The quantitative estimate of drug-likeness (QED) is 0.555. The molecule has 2 aromatic carbocycles. The Morgan fingerprint density at radius 3 is 1.90 bits per heavy atom. The van der Waals surface area contributed by atoms with Crippen molar-refractivity contribution < 1.29 is 24.1 Å². The average Bonchev–Trinajstić information content (AvgIpc) is 3.36. The number of nitrogens with zero attached hydrogens (tertiary/aromatic N) is 3. The van der Waals surface area contributed by atoms with Gasteiger partial charge in [-0.1, -0.05) is 24.3 Å². The Morgan fingerprint density at radius 2 is 1.37 bits per heavy atom. The molecule has 0 bridgehead atoms. The van der Waals surface area contributed by atoms with Gasteiger partial charge in [0, 0.05) is 12.1 Å². The van der Waals surface area contributed by atoms with E-state index in [-0.39, 0.29) is 18.0 Å². The number of hydrogen-bond acceptors (Lipinski definition) is 8. The predicted octanol–water partition coefficient (Wildman–Crippen LogP) is 3.00. The normalized spacial score (nSPS) is 34.8. The van der Waals surface area contributed by atoms with Crippen molar-refractivity contribution in [1.29, 1.82) is 0 Å². The van der Waals surface area contributed by atoms with Crippen LogP contribution in [0, 0.1) is 20.2 Å². The van der Waals surface area contributed by atoms with Crippen molar-refractivity contribution in [3.63, 3.8) is 0 Å². The monoisotopic (exact) mass is 413 g/mol. The van der Waals surface area contributed by atoms with Crippen LogP contribution in [0.4, 0.5) is 11.4 Å². The standard InChI is InChI=1S/C20H19N3O7/c1-19(12-7-3-5-9-14(12)22(24)25)17-21-16(11-28-17)29-20(2,18(21)30-19)13-8-4-6-10-15(13)23(26)27/h3-10,16-18H,11H2,1-2H3/t16-,17-,18-,19-,20-/m0/s1. The zero-order chi connectivity index (χ0) is 21.3. The van der Waals surface area contributed by atoms with Gasteiger partial charge in [-0.3, -0.25) is 20.2 Å². The maximum absolute atomic E-state index is 11.6. The molecule has 2 aromatic rings. The van der Waals surface area contributed by atoms with Crippen LogP contribution in [0.5, 0.6) is 0 Å². The number of para-hydroxylation sites is 2. The second-order valence-corrected chi connectivity index (χ2v) is 7.94. The molecule has 156 valence electrons. The maximum Gasteiger partial charge on any atom is 0.275 e. The molecular formula is C20H19N3O7. The van der Waals surface area contributed by atoms with Gasteiger partial charge in [0.1, 0.15) is 29.9 Å². The smallest absolute Gasteiger partial charge is 0.275 e. The van der Waals surface area contributed by atoms with Gasteiger partial charge in [0.25, 0.3) is 11.4 Å². The molecule has 3 saturated heterocycles. The van der Waals surface area contributed by atoms with Gasteiger partial charge in [-0.15, -0.1) is 0 Å². The fourth-order valence-corrected chi connectivity index (χ4v) is 4.90. The molecule has 0 N–H and O–H groups in total. The lowest BCUT2D eigenvalue weighted by atomic mass is 9.92. The predicted molar refractivity (Wildman–Crippen MR) is 102 cm³/mol. The molecule has 5 atom stereocenters. The Balaban J connectivity index is 1.63. The molecule has 0 saturated carbocycles. The van der Waals surface area contributed by atoms with E-state index in [1.54, 1.807) is 50.2 Å². The van der Waals surface area contributed by atoms with Gasteiger partial charge in [-0.05, 0) is 26.0 Å². The van der Waals surface area contributed by atoms with Crippen LogP contribution in [0.15, 0.2) is 48.5 Å². The second-order valence-electron chi connectivity index (χ2n) is 7.94. The molecule has 0 spiro atoms. The summed E-state index contributed by atoms with van der Waals surface area (Å²) in [5.74, 6) is 0. The number of ether oxygens (including phenoxy) is 3. The molecule has 0 aliphatic carbocycles. The number of benzene rings is 2. The van der Waals surface area contributed by atoms with E-state index in [0.29, 0.717) is 11.1 Å². The first-order chi connectivity index (χ1) is 14.3. The van der Waals surface area contributed by atoms with E-state index in [2.05, 4.69) is 0 Å². The Hall–Kier alpha value is -2.92. The highest BCUT2D eigenvalue weighted by molar-refractivity contribution is 5.47. The van der Waals surface area contributed by atoms with E-state index >= 15 is 0 Å². The summed E-state index contributed by atoms with van der Waals surface area (Å²) in [6.45, 7) is 3.73. The fourth-order valence-electron chi connectivity index (χ4n) is 4.90. The molecule has 10 nitrogen and oxygen atoms in total. The Kier molecular flexibility index (Phi) is 4.00. The minimum atomic E-state index is -1.16. The lowest BCUT2D eigenvalue weighted by Gasteiger charge is -2.32. The summed E-state index contributed by atoms with van der Waals surface area (Å²) in [5, 5.41) is 23.3. The van der Waals surface area contributed by atoms with E-state index < -0.39 is 39.7 Å². The summed E-state index contributed by atoms with van der Waals surface area (Å²) in [6, 6.07) is 12.8. The summed E-state index contributed by atoms with van der Waals surface area (Å²) >= 11 is 0. The van der Waals surface area contributed by atoms with Crippen LogP contribution < -0.4 is 0 Å². The molecule has 3 fully saturated rings. The van der Waals surface area contributed by atoms with E-state index in [4.69, 9.17) is 14.2 Å². The minimum absolute atomic E-state index is 0.0680. The van der Waals surface area contributed by atoms with Crippen LogP contribution in [-0.4, -0.2) is 40.0 Å². The van der Waals surface area contributed by atoms with E-state index in [1.165, 1.54) is 12.1 Å². The zero-order valence-electron chi connectivity index (χ0n) is 16.3. The first kappa shape index (κ1) is 19.1. The molecule has 0 unspecified atom stereocenters. The molecule has 5 rings (SSSR count). The van der Waals surface area contributed by atoms with Gasteiger partial charge in [0.15, 0.2) is 0 Å². The van der Waals surface area contributed by atoms with Crippen LogP contribution in [-0.2, 0) is 25.4 Å². The molecule has 0 amide bonds. The lowest BCUT2D eigenvalue weighted by Crippen LogP contribution is -2.40. The van der Waals surface area contributed by atoms with E-state index in [9.17, 15) is 20.2 Å². The van der Waals surface area contributed by atoms with Crippen LogP contribution >= 0.6 is 0 Å². The third-order valence-corrected chi connectivity index (χ3v) is 6.22. The number of nitro benzene ring substituents is 2. The largest absolute Gasteiger partial charge is 0.355 e. The Bertz CT molecular complexity index is 1000. The zero-order valence-corrected chi connectivity index (χ0v) is 16.3. The lowest BCUT2D eigenvalue weighted by molar-refractivity contribution is -0.387. The third-order valence-electron chi connectivity index (χ3n) is 6.22. The van der Waals surface area contributed by atoms with E-state index in [0.717, 1.165) is 0 Å². The van der Waals surface area contributed by atoms with Gasteiger partial charge < -0.3 is 14.2 Å². The average molecular weight is 413 g/mol. The first-order valence-corrected chi connectivity index (χ1v) is 9.50. The molecule has 30 heavy (non-hydrogen) atoms. The molecule has 0 radical (unpaired) electrons. The maximum atomic E-state index is 11.6. The number of nitro groups is 2. The molecule has 3 heterocycles. The van der Waals surface area contributed by atoms with Crippen LogP contribution in [0.1, 0.15) is 25.0 Å². The molecule has 3 aliphatic rings. The van der Waals surface area contributed by atoms with Crippen molar-refractivity contribution in [2.75, 3.05) is 6.61 Å². The van der Waals surface area contributed by atoms with Crippen molar-refractivity contribution in [1.82, 2.24) is 4.90 Å². The van der Waals surface area contributed by atoms with Crippen molar-refractivity contribution >= 4 is 11.4 Å². The van der Waals surface area contributed by atoms with Gasteiger partial charge in [-0.25, -0.2) is 4.90 Å². The van der Waals surface area contributed by atoms with Crippen molar-refractivity contribution in [2.24, 2.45) is 0 Å². The molecule has 3 aliphatic heterocycles. The van der Waals surface area contributed by atoms with Gasteiger partial charge in [-0.2, -0.15) is 0 Å². The summed E-state index contributed by atoms with van der Waals surface area (Å²) in [4.78, 5) is 24.3. The minimum Gasteiger partial charge on any atom is -0.355 e. The summed E-state index contributed by atoms with van der Waals surface area (Å²) < 4.78 is 18.6. The van der Waals surface area contributed by atoms with E-state index in [1.807, 2.05) is 4.90 Å². The highest BCUT2D eigenvalue weighted by Crippen LogP contribution is 2.57. The van der Waals surface area contributed by atoms with Gasteiger partial charge >= 0.3 is 0 Å². The SMILES string of the molecule is C[C@@]1(c2ccccc2[N+](=O)[O-])O[C@H]2CO[C@@H]3N2[C@H]1O[C@@]3(C)c1ccccc1[N+](=O)[O-]. The van der Waals surface area contributed by atoms with Crippen molar-refractivity contribution in [2.45, 2.75) is 43.7 Å². The fraction of sp³-hybridized carbons (Fsp3) is 0.400. The topological polar surface area (TPSA) is 117 Å². The van der Waals surface area contributed by atoms with Gasteiger partial charge in [0.05, 0.1) is 27.6 Å². The molecule has 10 heteroatoms. The molecular weight excluding hydrogens is 394 g/mol. The first-order valence-electron chi connectivity index (χ1n) is 9.50. The van der Waals surface area contributed by atoms with Gasteiger partial charge in [0.2, 0.25) is 0 Å². The third kappa shape index (κ3) is 2.39. The number of rotatable bonds is 4. The van der Waals surface area contributed by atoms with Crippen LogP contribution in [0.3, 0.4) is 0 Å². The second kappa shape index (κ2) is 6.29.